The lowest BCUT2D eigenvalue weighted by Gasteiger charge is -2.27. The molecular formula is C22H21N3O4S2. The fourth-order valence-corrected chi connectivity index (χ4v) is 6.18. The highest BCUT2D eigenvalue weighted by molar-refractivity contribution is 7.89. The van der Waals surface area contributed by atoms with Crippen LogP contribution in [0.5, 0.6) is 11.5 Å². The van der Waals surface area contributed by atoms with Gasteiger partial charge < -0.3 is 10.1 Å². The van der Waals surface area contributed by atoms with Crippen LogP contribution in [0.1, 0.15) is 34.5 Å². The lowest BCUT2D eigenvalue weighted by atomic mass is 9.87. The first-order chi connectivity index (χ1) is 15.0. The fourth-order valence-electron chi connectivity index (χ4n) is 4.02. The van der Waals surface area contributed by atoms with E-state index in [1.165, 1.54) is 15.6 Å². The Labute approximate surface area is 184 Å². The van der Waals surface area contributed by atoms with Gasteiger partial charge in [0.25, 0.3) is 0 Å². The fraction of sp³-hybridized carbons (Fsp3) is 0.273. The minimum atomic E-state index is -3.25. The summed E-state index contributed by atoms with van der Waals surface area (Å²) in [5.74, 6) is 0.708. The zero-order chi connectivity index (χ0) is 21.6. The van der Waals surface area contributed by atoms with Crippen molar-refractivity contribution in [1.29, 1.82) is 0 Å². The van der Waals surface area contributed by atoms with E-state index in [2.05, 4.69) is 10.3 Å². The average molecular weight is 456 g/mol. The first-order valence-electron chi connectivity index (χ1n) is 10.1. The molecule has 2 aromatic carbocycles. The number of amides is 1. The Morgan fingerprint density at radius 3 is 2.45 bits per heavy atom. The molecule has 0 radical (unpaired) electrons. The molecule has 0 unspecified atom stereocenters. The highest BCUT2D eigenvalue weighted by atomic mass is 32.2. The molecule has 160 valence electrons. The van der Waals surface area contributed by atoms with Crippen LogP contribution in [0.2, 0.25) is 0 Å². The van der Waals surface area contributed by atoms with Crippen LogP contribution in [0.4, 0.5) is 5.13 Å². The maximum Gasteiger partial charge on any atom is 0.238 e. The molecule has 3 aromatic rings. The van der Waals surface area contributed by atoms with Gasteiger partial charge in [-0.1, -0.05) is 36.4 Å². The molecule has 2 aliphatic heterocycles. The number of thiazole rings is 1. The second-order valence-electron chi connectivity index (χ2n) is 7.47. The molecule has 0 saturated carbocycles. The number of sulfonamides is 1. The van der Waals surface area contributed by atoms with Gasteiger partial charge in [0.1, 0.15) is 11.5 Å². The lowest BCUT2D eigenvalue weighted by Crippen LogP contribution is -2.36. The molecule has 0 aliphatic carbocycles. The van der Waals surface area contributed by atoms with Gasteiger partial charge in [-0.05, 0) is 19.1 Å². The zero-order valence-electron chi connectivity index (χ0n) is 16.9. The van der Waals surface area contributed by atoms with E-state index in [0.717, 1.165) is 21.7 Å². The van der Waals surface area contributed by atoms with Crippen molar-refractivity contribution in [1.82, 2.24) is 9.29 Å². The van der Waals surface area contributed by atoms with Crippen molar-refractivity contribution in [3.63, 3.8) is 0 Å². The van der Waals surface area contributed by atoms with Gasteiger partial charge in [-0.25, -0.2) is 13.4 Å². The van der Waals surface area contributed by atoms with E-state index in [1.54, 1.807) is 6.92 Å². The van der Waals surface area contributed by atoms with Gasteiger partial charge in [0.15, 0.2) is 5.13 Å². The van der Waals surface area contributed by atoms with E-state index in [4.69, 9.17) is 4.74 Å². The number of anilines is 1. The van der Waals surface area contributed by atoms with E-state index in [1.807, 2.05) is 48.5 Å². The molecule has 1 N–H and O–H groups in total. The van der Waals surface area contributed by atoms with Crippen molar-refractivity contribution in [2.75, 3.05) is 17.6 Å². The Bertz CT molecular complexity index is 1220. The summed E-state index contributed by atoms with van der Waals surface area (Å²) in [5.41, 5.74) is 2.47. The van der Waals surface area contributed by atoms with Crippen LogP contribution in [0.15, 0.2) is 48.5 Å². The summed E-state index contributed by atoms with van der Waals surface area (Å²) in [6, 6.07) is 15.1. The Balaban J connectivity index is 1.43. The number of carbonyl (C=O) groups excluding carboxylic acids is 1. The van der Waals surface area contributed by atoms with Gasteiger partial charge in [-0.2, -0.15) is 4.31 Å². The number of nitrogens with zero attached hydrogens (tertiary/aromatic N) is 2. The van der Waals surface area contributed by atoms with Crippen LogP contribution in [-0.2, 0) is 27.8 Å². The molecule has 0 bridgehead atoms. The number of fused-ring (bicyclic) bond motifs is 3. The third kappa shape index (κ3) is 3.62. The summed E-state index contributed by atoms with van der Waals surface area (Å²) in [7, 11) is -3.25. The Morgan fingerprint density at radius 1 is 1.16 bits per heavy atom. The van der Waals surface area contributed by atoms with Gasteiger partial charge in [-0.3, -0.25) is 4.79 Å². The summed E-state index contributed by atoms with van der Waals surface area (Å²) in [4.78, 5) is 18.8. The second-order valence-corrected chi connectivity index (χ2v) is 10.8. The maximum atomic E-state index is 13.4. The molecule has 9 heteroatoms. The summed E-state index contributed by atoms with van der Waals surface area (Å²) in [6.07, 6.45) is 0.546. The molecule has 5 rings (SSSR count). The summed E-state index contributed by atoms with van der Waals surface area (Å²) >= 11 is 1.34. The molecule has 2 aliphatic rings. The predicted molar refractivity (Wildman–Crippen MR) is 119 cm³/mol. The molecule has 7 nitrogen and oxygen atoms in total. The lowest BCUT2D eigenvalue weighted by molar-refractivity contribution is -0.116. The zero-order valence-corrected chi connectivity index (χ0v) is 18.5. The minimum Gasteiger partial charge on any atom is -0.457 e. The highest BCUT2D eigenvalue weighted by Gasteiger charge is 2.34. The van der Waals surface area contributed by atoms with Gasteiger partial charge >= 0.3 is 0 Å². The van der Waals surface area contributed by atoms with E-state index < -0.39 is 15.9 Å². The van der Waals surface area contributed by atoms with Crippen LogP contribution >= 0.6 is 11.3 Å². The largest absolute Gasteiger partial charge is 0.457 e. The molecule has 0 fully saturated rings. The van der Waals surface area contributed by atoms with Crippen molar-refractivity contribution in [3.8, 4) is 11.5 Å². The average Bonchev–Trinajstić information content (AvgIpc) is 3.18. The first-order valence-corrected chi connectivity index (χ1v) is 12.5. The monoisotopic (exact) mass is 455 g/mol. The topological polar surface area (TPSA) is 88.6 Å². The molecule has 1 aromatic heterocycles. The molecule has 0 atom stereocenters. The number of hydrogen-bond donors (Lipinski definition) is 1. The SMILES string of the molecule is CCS(=O)(=O)N1CCc2nc(NC(=O)C3c4ccccc4Oc4ccccc43)sc2C1. The normalized spacial score (nSPS) is 16.0. The van der Waals surface area contributed by atoms with Crippen molar-refractivity contribution in [2.24, 2.45) is 0 Å². The number of nitrogens with one attached hydrogen (secondary N) is 1. The molecule has 31 heavy (non-hydrogen) atoms. The third-order valence-corrected chi connectivity index (χ3v) is 8.45. The van der Waals surface area contributed by atoms with E-state index in [0.29, 0.717) is 36.1 Å². The quantitative estimate of drug-likeness (QED) is 0.648. The summed E-state index contributed by atoms with van der Waals surface area (Å²) in [5, 5.41) is 3.46. The molecular weight excluding hydrogens is 434 g/mol. The Hall–Kier alpha value is -2.75. The Morgan fingerprint density at radius 2 is 1.81 bits per heavy atom. The van der Waals surface area contributed by atoms with E-state index in [-0.39, 0.29) is 11.7 Å². The highest BCUT2D eigenvalue weighted by Crippen LogP contribution is 2.44. The van der Waals surface area contributed by atoms with Crippen LogP contribution in [0.3, 0.4) is 0 Å². The number of carbonyl (C=O) groups is 1. The van der Waals surface area contributed by atoms with Crippen molar-refractivity contribution >= 4 is 32.4 Å². The van der Waals surface area contributed by atoms with Gasteiger partial charge in [0, 0.05) is 35.5 Å². The van der Waals surface area contributed by atoms with Gasteiger partial charge in [0.2, 0.25) is 15.9 Å². The van der Waals surface area contributed by atoms with Gasteiger partial charge in [0.05, 0.1) is 17.4 Å². The standard InChI is InChI=1S/C22H21N3O4S2/c1-2-31(27,28)25-12-11-16-19(13-25)30-22(23-16)24-21(26)20-14-7-3-5-9-17(14)29-18-10-6-4-8-15(18)20/h3-10,20H,2,11-13H2,1H3,(H,23,24,26). The molecule has 1 amide bonds. The molecule has 0 saturated heterocycles. The van der Waals surface area contributed by atoms with Crippen molar-refractivity contribution < 1.29 is 17.9 Å². The molecule has 0 spiro atoms. The van der Waals surface area contributed by atoms with Crippen LogP contribution in [-0.4, -0.2) is 35.9 Å². The third-order valence-electron chi connectivity index (χ3n) is 5.63. The van der Waals surface area contributed by atoms with Gasteiger partial charge in [-0.15, -0.1) is 11.3 Å². The van der Waals surface area contributed by atoms with Crippen LogP contribution in [0, 0.1) is 0 Å². The molecule has 3 heterocycles. The minimum absolute atomic E-state index is 0.0767. The Kier molecular flexibility index (Phi) is 5.04. The summed E-state index contributed by atoms with van der Waals surface area (Å²) < 4.78 is 31.9. The number of benzene rings is 2. The first kappa shape index (κ1) is 20.2. The van der Waals surface area contributed by atoms with E-state index >= 15 is 0 Å². The van der Waals surface area contributed by atoms with Crippen molar-refractivity contribution in [2.45, 2.75) is 25.8 Å². The maximum absolute atomic E-state index is 13.4. The van der Waals surface area contributed by atoms with Crippen LogP contribution in [0.25, 0.3) is 0 Å². The van der Waals surface area contributed by atoms with Crippen molar-refractivity contribution in [3.05, 3.63) is 70.2 Å². The number of para-hydroxylation sites is 2. The number of hydrogen-bond acceptors (Lipinski definition) is 6. The van der Waals surface area contributed by atoms with E-state index in [9.17, 15) is 13.2 Å². The number of ether oxygens (including phenoxy) is 1. The number of aromatic nitrogens is 1. The second kappa shape index (κ2) is 7.74. The number of rotatable bonds is 4. The smallest absolute Gasteiger partial charge is 0.238 e. The van der Waals surface area contributed by atoms with Crippen LogP contribution < -0.4 is 10.1 Å². The summed E-state index contributed by atoms with van der Waals surface area (Å²) in [6.45, 7) is 2.37. The predicted octanol–water partition coefficient (Wildman–Crippen LogP) is 3.73.